The second kappa shape index (κ2) is 6.23. The fourth-order valence-corrected chi connectivity index (χ4v) is 1.20. The number of carbonyl (C=O) groups is 1. The van der Waals surface area contributed by atoms with Crippen molar-refractivity contribution in [1.29, 1.82) is 0 Å². The highest BCUT2D eigenvalue weighted by molar-refractivity contribution is 5.94. The summed E-state index contributed by atoms with van der Waals surface area (Å²) >= 11 is 0. The SMILES string of the molecule is CC(C)OCCNC(=O)c1ccccc1F. The van der Waals surface area contributed by atoms with E-state index < -0.39 is 11.7 Å². The van der Waals surface area contributed by atoms with Crippen LogP contribution in [0.3, 0.4) is 0 Å². The fourth-order valence-electron chi connectivity index (χ4n) is 1.20. The molecule has 0 bridgehead atoms. The summed E-state index contributed by atoms with van der Waals surface area (Å²) in [5.41, 5.74) is 0.0621. The quantitative estimate of drug-likeness (QED) is 0.778. The average Bonchev–Trinajstić information content (AvgIpc) is 2.24. The van der Waals surface area contributed by atoms with E-state index in [1.807, 2.05) is 13.8 Å². The van der Waals surface area contributed by atoms with Crippen LogP contribution in [0.4, 0.5) is 4.39 Å². The van der Waals surface area contributed by atoms with Crippen LogP contribution in [0.1, 0.15) is 24.2 Å². The van der Waals surface area contributed by atoms with Gasteiger partial charge in [0.2, 0.25) is 0 Å². The minimum Gasteiger partial charge on any atom is -0.377 e. The van der Waals surface area contributed by atoms with Crippen LogP contribution >= 0.6 is 0 Å². The van der Waals surface area contributed by atoms with Crippen molar-refractivity contribution in [3.05, 3.63) is 35.6 Å². The van der Waals surface area contributed by atoms with Crippen LogP contribution in [-0.2, 0) is 4.74 Å². The molecule has 4 heteroatoms. The van der Waals surface area contributed by atoms with Crippen molar-refractivity contribution in [1.82, 2.24) is 5.32 Å². The number of nitrogens with one attached hydrogen (secondary N) is 1. The standard InChI is InChI=1S/C12H16FNO2/c1-9(2)16-8-7-14-12(15)10-5-3-4-6-11(10)13/h3-6,9H,7-8H2,1-2H3,(H,14,15). The van der Waals surface area contributed by atoms with Crippen LogP contribution < -0.4 is 5.32 Å². The Balaban J connectivity index is 2.39. The van der Waals surface area contributed by atoms with Gasteiger partial charge in [0.15, 0.2) is 0 Å². The van der Waals surface area contributed by atoms with Crippen LogP contribution in [0.2, 0.25) is 0 Å². The molecule has 0 heterocycles. The Morgan fingerprint density at radius 3 is 2.75 bits per heavy atom. The Labute approximate surface area is 94.6 Å². The molecule has 88 valence electrons. The number of rotatable bonds is 5. The molecule has 0 unspecified atom stereocenters. The van der Waals surface area contributed by atoms with Gasteiger partial charge in [-0.05, 0) is 26.0 Å². The van der Waals surface area contributed by atoms with Gasteiger partial charge in [-0.15, -0.1) is 0 Å². The van der Waals surface area contributed by atoms with Crippen LogP contribution in [0.15, 0.2) is 24.3 Å². The van der Waals surface area contributed by atoms with E-state index in [0.717, 1.165) is 0 Å². The van der Waals surface area contributed by atoms with E-state index in [4.69, 9.17) is 4.74 Å². The van der Waals surface area contributed by atoms with E-state index in [-0.39, 0.29) is 11.7 Å². The third kappa shape index (κ3) is 3.98. The zero-order valence-corrected chi connectivity index (χ0v) is 9.50. The van der Waals surface area contributed by atoms with E-state index in [2.05, 4.69) is 5.32 Å². The number of benzene rings is 1. The molecule has 16 heavy (non-hydrogen) atoms. The molecule has 3 nitrogen and oxygen atoms in total. The summed E-state index contributed by atoms with van der Waals surface area (Å²) in [6, 6.07) is 5.89. The van der Waals surface area contributed by atoms with Crippen molar-refractivity contribution in [3.8, 4) is 0 Å². The zero-order chi connectivity index (χ0) is 12.0. The lowest BCUT2D eigenvalue weighted by Gasteiger charge is -2.08. The maximum Gasteiger partial charge on any atom is 0.254 e. The molecule has 1 aromatic carbocycles. The largest absolute Gasteiger partial charge is 0.377 e. The molecule has 1 aromatic rings. The predicted octanol–water partition coefficient (Wildman–Crippen LogP) is 1.98. The van der Waals surface area contributed by atoms with E-state index >= 15 is 0 Å². The van der Waals surface area contributed by atoms with Crippen molar-refractivity contribution < 1.29 is 13.9 Å². The molecule has 1 N–H and O–H groups in total. The van der Waals surface area contributed by atoms with Crippen LogP contribution in [0.5, 0.6) is 0 Å². The van der Waals surface area contributed by atoms with Gasteiger partial charge in [-0.25, -0.2) is 4.39 Å². The molecule has 1 amide bonds. The van der Waals surface area contributed by atoms with Crippen molar-refractivity contribution in [2.45, 2.75) is 20.0 Å². The highest BCUT2D eigenvalue weighted by Gasteiger charge is 2.09. The molecule has 0 aliphatic heterocycles. The second-order valence-corrected chi connectivity index (χ2v) is 3.66. The first kappa shape index (κ1) is 12.6. The Morgan fingerprint density at radius 1 is 1.44 bits per heavy atom. The Morgan fingerprint density at radius 2 is 2.12 bits per heavy atom. The number of halogens is 1. The monoisotopic (exact) mass is 225 g/mol. The van der Waals surface area contributed by atoms with Gasteiger partial charge < -0.3 is 10.1 Å². The molecule has 0 aliphatic rings. The molecule has 0 saturated carbocycles. The van der Waals surface area contributed by atoms with Crippen LogP contribution in [-0.4, -0.2) is 25.2 Å². The van der Waals surface area contributed by atoms with Gasteiger partial charge in [-0.3, -0.25) is 4.79 Å². The van der Waals surface area contributed by atoms with Crippen LogP contribution in [0, 0.1) is 5.82 Å². The highest BCUT2D eigenvalue weighted by atomic mass is 19.1. The third-order valence-corrected chi connectivity index (χ3v) is 1.96. The lowest BCUT2D eigenvalue weighted by molar-refractivity contribution is 0.0745. The lowest BCUT2D eigenvalue weighted by atomic mass is 10.2. The van der Waals surface area contributed by atoms with E-state index in [1.165, 1.54) is 12.1 Å². The number of carbonyl (C=O) groups excluding carboxylic acids is 1. The smallest absolute Gasteiger partial charge is 0.254 e. The number of amides is 1. The van der Waals surface area contributed by atoms with Gasteiger partial charge in [0.25, 0.3) is 5.91 Å². The summed E-state index contributed by atoms with van der Waals surface area (Å²) in [5, 5.41) is 2.59. The van der Waals surface area contributed by atoms with Crippen molar-refractivity contribution >= 4 is 5.91 Å². The maximum absolute atomic E-state index is 13.2. The minimum atomic E-state index is -0.509. The van der Waals surface area contributed by atoms with E-state index in [1.54, 1.807) is 12.1 Å². The van der Waals surface area contributed by atoms with Crippen molar-refractivity contribution in [3.63, 3.8) is 0 Å². The van der Waals surface area contributed by atoms with E-state index in [0.29, 0.717) is 13.2 Å². The first-order valence-corrected chi connectivity index (χ1v) is 5.25. The first-order valence-electron chi connectivity index (χ1n) is 5.25. The van der Waals surface area contributed by atoms with Gasteiger partial charge >= 0.3 is 0 Å². The van der Waals surface area contributed by atoms with Gasteiger partial charge in [0, 0.05) is 6.54 Å². The molecule has 0 fully saturated rings. The van der Waals surface area contributed by atoms with E-state index in [9.17, 15) is 9.18 Å². The maximum atomic E-state index is 13.2. The molecule has 0 saturated heterocycles. The Bertz CT molecular complexity index is 353. The topological polar surface area (TPSA) is 38.3 Å². The summed E-state index contributed by atoms with van der Waals surface area (Å²) in [7, 11) is 0. The predicted molar refractivity (Wildman–Crippen MR) is 59.8 cm³/mol. The second-order valence-electron chi connectivity index (χ2n) is 3.66. The molecule has 0 spiro atoms. The molecular formula is C12H16FNO2. The lowest BCUT2D eigenvalue weighted by Crippen LogP contribution is -2.28. The van der Waals surface area contributed by atoms with Crippen molar-refractivity contribution in [2.75, 3.05) is 13.2 Å². The summed E-state index contributed by atoms with van der Waals surface area (Å²) in [6.07, 6.45) is 0.130. The zero-order valence-electron chi connectivity index (χ0n) is 9.50. The molecule has 0 aromatic heterocycles. The van der Waals surface area contributed by atoms with Gasteiger partial charge in [0.1, 0.15) is 5.82 Å². The third-order valence-electron chi connectivity index (χ3n) is 1.96. The van der Waals surface area contributed by atoms with Crippen molar-refractivity contribution in [2.24, 2.45) is 0 Å². The Hall–Kier alpha value is -1.42. The summed E-state index contributed by atoms with van der Waals surface area (Å²) in [5.74, 6) is -0.921. The normalized spacial score (nSPS) is 10.5. The molecule has 0 atom stereocenters. The molecule has 0 aliphatic carbocycles. The Kier molecular flexibility index (Phi) is 4.92. The highest BCUT2D eigenvalue weighted by Crippen LogP contribution is 2.05. The van der Waals surface area contributed by atoms with Gasteiger partial charge in [-0.2, -0.15) is 0 Å². The number of ether oxygens (including phenoxy) is 1. The molecule has 0 radical (unpaired) electrons. The summed E-state index contributed by atoms with van der Waals surface area (Å²) in [4.78, 5) is 11.5. The van der Waals surface area contributed by atoms with Crippen LogP contribution in [0.25, 0.3) is 0 Å². The summed E-state index contributed by atoms with van der Waals surface area (Å²) < 4.78 is 18.4. The number of hydrogen-bond donors (Lipinski definition) is 1. The van der Waals surface area contributed by atoms with Gasteiger partial charge in [-0.1, -0.05) is 12.1 Å². The fraction of sp³-hybridized carbons (Fsp3) is 0.417. The minimum absolute atomic E-state index is 0.0621. The van der Waals surface area contributed by atoms with Gasteiger partial charge in [0.05, 0.1) is 18.3 Å². The first-order chi connectivity index (χ1) is 7.61. The summed E-state index contributed by atoms with van der Waals surface area (Å²) in [6.45, 7) is 4.64. The average molecular weight is 225 g/mol. The number of hydrogen-bond acceptors (Lipinski definition) is 2. The molecular weight excluding hydrogens is 209 g/mol. The molecule has 1 rings (SSSR count).